The Morgan fingerprint density at radius 2 is 2.05 bits per heavy atom. The van der Waals surface area contributed by atoms with Crippen LogP contribution in [0.3, 0.4) is 0 Å². The minimum Gasteiger partial charge on any atom is -0.477 e. The van der Waals surface area contributed by atoms with E-state index in [9.17, 15) is 13.2 Å². The Bertz CT molecular complexity index is 576. The first-order valence-corrected chi connectivity index (χ1v) is 7.73. The number of sulfonamides is 1. The monoisotopic (exact) mass is 303 g/mol. The molecule has 8 heteroatoms. The van der Waals surface area contributed by atoms with Crippen molar-refractivity contribution in [3.8, 4) is 0 Å². The summed E-state index contributed by atoms with van der Waals surface area (Å²) in [6, 6.07) is 1.05. The van der Waals surface area contributed by atoms with Crippen LogP contribution in [0.4, 0.5) is 0 Å². The van der Waals surface area contributed by atoms with Crippen LogP contribution in [0.5, 0.6) is 0 Å². The van der Waals surface area contributed by atoms with Crippen molar-refractivity contribution >= 4 is 16.0 Å². The van der Waals surface area contributed by atoms with Gasteiger partial charge in [0, 0.05) is 25.3 Å². The summed E-state index contributed by atoms with van der Waals surface area (Å²) in [7, 11) is -0.00678. The van der Waals surface area contributed by atoms with Crippen molar-refractivity contribution in [3.05, 3.63) is 18.0 Å². The predicted molar refractivity (Wildman–Crippen MR) is 75.5 cm³/mol. The summed E-state index contributed by atoms with van der Waals surface area (Å²) in [4.78, 5) is 13.0. The van der Waals surface area contributed by atoms with E-state index in [0.29, 0.717) is 6.54 Å². The maximum absolute atomic E-state index is 12.1. The average molecular weight is 303 g/mol. The third-order valence-corrected chi connectivity index (χ3v) is 4.19. The fourth-order valence-corrected chi connectivity index (χ4v) is 2.73. The lowest BCUT2D eigenvalue weighted by molar-refractivity contribution is 0.0683. The number of aromatic nitrogens is 1. The fraction of sp³-hybridized carbons (Fsp3) is 0.583. The Morgan fingerprint density at radius 3 is 2.45 bits per heavy atom. The van der Waals surface area contributed by atoms with Gasteiger partial charge in [0.15, 0.2) is 0 Å². The molecule has 0 saturated heterocycles. The molecule has 0 aromatic carbocycles. The number of hydrogen-bond donors (Lipinski definition) is 2. The molecule has 1 aromatic rings. The maximum Gasteiger partial charge on any atom is 0.352 e. The summed E-state index contributed by atoms with van der Waals surface area (Å²) in [6.45, 7) is 4.42. The molecule has 0 atom stereocenters. The highest BCUT2D eigenvalue weighted by atomic mass is 32.2. The predicted octanol–water partition coefficient (Wildman–Crippen LogP) is 0.607. The summed E-state index contributed by atoms with van der Waals surface area (Å²) in [5, 5.41) is 9.10. The molecule has 2 N–H and O–H groups in total. The van der Waals surface area contributed by atoms with E-state index in [1.807, 2.05) is 19.0 Å². The van der Waals surface area contributed by atoms with E-state index in [0.717, 1.165) is 0 Å². The largest absolute Gasteiger partial charge is 0.477 e. The Balaban J connectivity index is 3.01. The third kappa shape index (κ3) is 4.06. The molecule has 0 aliphatic carbocycles. The second-order valence-electron chi connectivity index (χ2n) is 5.07. The van der Waals surface area contributed by atoms with E-state index in [4.69, 9.17) is 5.11 Å². The van der Waals surface area contributed by atoms with Crippen LogP contribution in [-0.4, -0.2) is 56.1 Å². The highest BCUT2D eigenvalue weighted by Gasteiger charge is 2.22. The van der Waals surface area contributed by atoms with Gasteiger partial charge in [-0.25, -0.2) is 17.9 Å². The lowest BCUT2D eigenvalue weighted by Gasteiger charge is -2.10. The number of nitrogens with one attached hydrogen (secondary N) is 1. The number of carboxylic acid groups (broad SMARTS) is 1. The Hall–Kier alpha value is -1.38. The molecule has 20 heavy (non-hydrogen) atoms. The fourth-order valence-electron chi connectivity index (χ4n) is 1.69. The molecule has 0 radical (unpaired) electrons. The molecule has 1 rings (SSSR count). The zero-order chi connectivity index (χ0) is 15.5. The summed E-state index contributed by atoms with van der Waals surface area (Å²) < 4.78 is 28.1. The van der Waals surface area contributed by atoms with Crippen molar-refractivity contribution in [1.82, 2.24) is 14.2 Å². The van der Waals surface area contributed by atoms with Gasteiger partial charge in [-0.3, -0.25) is 0 Å². The van der Waals surface area contributed by atoms with E-state index < -0.39 is 16.0 Å². The molecule has 114 valence electrons. The number of aromatic carboxylic acids is 1. The van der Waals surface area contributed by atoms with Crippen LogP contribution in [0.1, 0.15) is 30.4 Å². The lowest BCUT2D eigenvalue weighted by Crippen LogP contribution is -2.31. The summed E-state index contributed by atoms with van der Waals surface area (Å²) >= 11 is 0. The van der Waals surface area contributed by atoms with Crippen LogP contribution in [0, 0.1) is 0 Å². The van der Waals surface area contributed by atoms with E-state index in [1.54, 1.807) is 13.8 Å². The van der Waals surface area contributed by atoms with E-state index in [1.165, 1.54) is 16.8 Å². The van der Waals surface area contributed by atoms with Crippen LogP contribution in [-0.2, 0) is 10.0 Å². The molecule has 1 heterocycles. The van der Waals surface area contributed by atoms with Gasteiger partial charge in [0.05, 0.1) is 0 Å². The number of carbonyl (C=O) groups is 1. The molecule has 0 saturated carbocycles. The molecule has 0 unspecified atom stereocenters. The first-order chi connectivity index (χ1) is 9.15. The van der Waals surface area contributed by atoms with E-state index in [-0.39, 0.29) is 23.2 Å². The Kier molecular flexibility index (Phi) is 5.32. The van der Waals surface area contributed by atoms with Crippen LogP contribution in [0.15, 0.2) is 17.2 Å². The van der Waals surface area contributed by atoms with Crippen LogP contribution in [0.25, 0.3) is 0 Å². The molecule has 0 amide bonds. The van der Waals surface area contributed by atoms with Crippen LogP contribution < -0.4 is 4.72 Å². The van der Waals surface area contributed by atoms with Gasteiger partial charge in [0.25, 0.3) is 0 Å². The van der Waals surface area contributed by atoms with Gasteiger partial charge >= 0.3 is 5.97 Å². The number of nitrogens with zero attached hydrogens (tertiary/aromatic N) is 2. The van der Waals surface area contributed by atoms with Gasteiger partial charge in [-0.1, -0.05) is 0 Å². The highest BCUT2D eigenvalue weighted by molar-refractivity contribution is 7.89. The summed E-state index contributed by atoms with van der Waals surface area (Å²) in [5.41, 5.74) is -0.0343. The Morgan fingerprint density at radius 1 is 1.45 bits per heavy atom. The van der Waals surface area contributed by atoms with Gasteiger partial charge in [0.2, 0.25) is 10.0 Å². The zero-order valence-electron chi connectivity index (χ0n) is 12.1. The second-order valence-corrected chi connectivity index (χ2v) is 6.84. The number of rotatable bonds is 7. The zero-order valence-corrected chi connectivity index (χ0v) is 12.9. The first-order valence-electron chi connectivity index (χ1n) is 6.24. The van der Waals surface area contributed by atoms with Crippen molar-refractivity contribution in [1.29, 1.82) is 0 Å². The van der Waals surface area contributed by atoms with Gasteiger partial charge in [-0.05, 0) is 34.0 Å². The maximum atomic E-state index is 12.1. The number of likely N-dealkylation sites (N-methyl/N-ethyl adjacent to an activating group) is 1. The van der Waals surface area contributed by atoms with Gasteiger partial charge < -0.3 is 14.6 Å². The van der Waals surface area contributed by atoms with E-state index in [2.05, 4.69) is 4.72 Å². The van der Waals surface area contributed by atoms with Crippen molar-refractivity contribution in [3.63, 3.8) is 0 Å². The van der Waals surface area contributed by atoms with Crippen LogP contribution >= 0.6 is 0 Å². The molecular weight excluding hydrogens is 282 g/mol. The SMILES string of the molecule is CC(C)n1cc(S(=O)(=O)NCCN(C)C)cc1C(=O)O. The standard InChI is InChI=1S/C12H21N3O4S/c1-9(2)15-8-10(7-11(15)12(16)17)20(18,19)13-5-6-14(3)4/h7-9,13H,5-6H2,1-4H3,(H,16,17). The minimum atomic E-state index is -3.69. The van der Waals surface area contributed by atoms with Gasteiger partial charge in [-0.15, -0.1) is 0 Å². The normalized spacial score (nSPS) is 12.3. The molecule has 0 spiro atoms. The number of hydrogen-bond acceptors (Lipinski definition) is 4. The third-order valence-electron chi connectivity index (χ3n) is 2.76. The molecule has 1 aromatic heterocycles. The molecule has 7 nitrogen and oxygen atoms in total. The van der Waals surface area contributed by atoms with Crippen molar-refractivity contribution in [2.45, 2.75) is 24.8 Å². The summed E-state index contributed by atoms with van der Waals surface area (Å²) in [5.74, 6) is -1.14. The molecule has 0 aliphatic rings. The van der Waals surface area contributed by atoms with Crippen molar-refractivity contribution in [2.75, 3.05) is 27.2 Å². The molecule has 0 fully saturated rings. The van der Waals surface area contributed by atoms with Gasteiger partial charge in [0.1, 0.15) is 10.6 Å². The Labute approximate surface area is 119 Å². The number of carboxylic acids is 1. The molecule has 0 aliphatic heterocycles. The van der Waals surface area contributed by atoms with Crippen molar-refractivity contribution < 1.29 is 18.3 Å². The molecule has 0 bridgehead atoms. The van der Waals surface area contributed by atoms with Crippen molar-refractivity contribution in [2.24, 2.45) is 0 Å². The first kappa shape index (κ1) is 16.7. The van der Waals surface area contributed by atoms with Crippen LogP contribution in [0.2, 0.25) is 0 Å². The van der Waals surface area contributed by atoms with Gasteiger partial charge in [-0.2, -0.15) is 0 Å². The minimum absolute atomic E-state index is 0.0256. The topological polar surface area (TPSA) is 91.6 Å². The highest BCUT2D eigenvalue weighted by Crippen LogP contribution is 2.18. The smallest absolute Gasteiger partial charge is 0.352 e. The second kappa shape index (κ2) is 6.38. The summed E-state index contributed by atoms with van der Waals surface area (Å²) in [6.07, 6.45) is 1.35. The lowest BCUT2D eigenvalue weighted by atomic mass is 10.3. The quantitative estimate of drug-likeness (QED) is 0.770. The average Bonchev–Trinajstić information content (AvgIpc) is 2.73. The van der Waals surface area contributed by atoms with E-state index >= 15 is 0 Å². The molecular formula is C12H21N3O4S.